The molecule has 7 nitrogen and oxygen atoms in total. The van der Waals surface area contributed by atoms with Gasteiger partial charge in [0.05, 0.1) is 17.1 Å². The van der Waals surface area contributed by atoms with E-state index >= 15 is 0 Å². The van der Waals surface area contributed by atoms with Crippen LogP contribution in [0.25, 0.3) is 0 Å². The van der Waals surface area contributed by atoms with Crippen molar-refractivity contribution in [1.29, 1.82) is 0 Å². The van der Waals surface area contributed by atoms with Gasteiger partial charge in [0, 0.05) is 13.0 Å². The molecule has 0 saturated carbocycles. The van der Waals surface area contributed by atoms with Crippen LogP contribution in [-0.2, 0) is 13.0 Å². The lowest BCUT2D eigenvalue weighted by atomic mass is 10.2. The van der Waals surface area contributed by atoms with Gasteiger partial charge >= 0.3 is 0 Å². The van der Waals surface area contributed by atoms with Crippen LogP contribution in [-0.4, -0.2) is 24.4 Å². The minimum absolute atomic E-state index is 0.0190. The third-order valence-corrected chi connectivity index (χ3v) is 3.08. The summed E-state index contributed by atoms with van der Waals surface area (Å²) in [6.07, 6.45) is 3.94. The monoisotopic (exact) mass is 239 g/mol. The van der Waals surface area contributed by atoms with E-state index < -0.39 is 0 Å². The second-order valence-electron chi connectivity index (χ2n) is 3.24. The van der Waals surface area contributed by atoms with Crippen LogP contribution in [0, 0.1) is 0 Å². The van der Waals surface area contributed by atoms with Gasteiger partial charge in [0.2, 0.25) is 0 Å². The SMILES string of the molecule is CCn1ncnc1CC(NN)c1cnns1. The third kappa shape index (κ3) is 2.23. The van der Waals surface area contributed by atoms with Crippen LogP contribution in [0.1, 0.15) is 23.7 Å². The highest BCUT2D eigenvalue weighted by Gasteiger charge is 2.16. The number of hydrogen-bond donors (Lipinski definition) is 2. The molecule has 0 aliphatic rings. The lowest BCUT2D eigenvalue weighted by Gasteiger charge is -2.12. The van der Waals surface area contributed by atoms with Gasteiger partial charge in [-0.2, -0.15) is 5.10 Å². The smallest absolute Gasteiger partial charge is 0.138 e. The number of aryl methyl sites for hydroxylation is 1. The molecule has 0 saturated heterocycles. The standard InChI is InChI=1S/C8H13N7S/c1-2-15-8(10-5-12-15)3-6(13-9)7-4-11-14-16-7/h4-6,13H,2-3,9H2,1H3. The van der Waals surface area contributed by atoms with Crippen molar-refractivity contribution >= 4 is 11.5 Å². The van der Waals surface area contributed by atoms with Crippen molar-refractivity contribution in [1.82, 2.24) is 29.8 Å². The number of rotatable bonds is 5. The largest absolute Gasteiger partial charge is 0.271 e. The maximum atomic E-state index is 5.52. The van der Waals surface area contributed by atoms with Crippen molar-refractivity contribution in [3.05, 3.63) is 23.2 Å². The predicted molar refractivity (Wildman–Crippen MR) is 59.4 cm³/mol. The van der Waals surface area contributed by atoms with Crippen LogP contribution >= 0.6 is 11.5 Å². The number of aromatic nitrogens is 5. The summed E-state index contributed by atoms with van der Waals surface area (Å²) in [5.41, 5.74) is 2.74. The van der Waals surface area contributed by atoms with Gasteiger partial charge in [-0.15, -0.1) is 5.10 Å². The van der Waals surface area contributed by atoms with E-state index in [4.69, 9.17) is 5.84 Å². The van der Waals surface area contributed by atoms with Gasteiger partial charge in [-0.25, -0.2) is 4.98 Å². The summed E-state index contributed by atoms with van der Waals surface area (Å²) in [5.74, 6) is 6.42. The summed E-state index contributed by atoms with van der Waals surface area (Å²) < 4.78 is 5.66. The van der Waals surface area contributed by atoms with Crippen molar-refractivity contribution in [2.24, 2.45) is 5.84 Å². The lowest BCUT2D eigenvalue weighted by molar-refractivity contribution is 0.515. The maximum Gasteiger partial charge on any atom is 0.138 e. The number of nitrogens with two attached hydrogens (primary N) is 1. The summed E-state index contributed by atoms with van der Waals surface area (Å²) in [4.78, 5) is 5.20. The van der Waals surface area contributed by atoms with E-state index in [-0.39, 0.29) is 6.04 Å². The quantitative estimate of drug-likeness (QED) is 0.559. The highest BCUT2D eigenvalue weighted by Crippen LogP contribution is 2.18. The van der Waals surface area contributed by atoms with Crippen LogP contribution < -0.4 is 11.3 Å². The first-order valence-electron chi connectivity index (χ1n) is 4.95. The van der Waals surface area contributed by atoms with Gasteiger partial charge in [-0.05, 0) is 18.5 Å². The molecular formula is C8H13N7S. The molecule has 0 aliphatic heterocycles. The van der Waals surface area contributed by atoms with E-state index in [1.165, 1.54) is 11.5 Å². The van der Waals surface area contributed by atoms with E-state index in [1.54, 1.807) is 12.5 Å². The molecule has 16 heavy (non-hydrogen) atoms. The number of hydrogen-bond acceptors (Lipinski definition) is 7. The Bertz CT molecular complexity index is 423. The molecule has 1 atom stereocenters. The maximum absolute atomic E-state index is 5.52. The first kappa shape index (κ1) is 11.1. The Morgan fingerprint density at radius 1 is 1.62 bits per heavy atom. The molecule has 2 aromatic heterocycles. The molecule has 0 aromatic carbocycles. The van der Waals surface area contributed by atoms with Crippen molar-refractivity contribution in [2.45, 2.75) is 25.9 Å². The molecule has 0 fully saturated rings. The average molecular weight is 239 g/mol. The normalized spacial score (nSPS) is 12.9. The Morgan fingerprint density at radius 2 is 2.50 bits per heavy atom. The van der Waals surface area contributed by atoms with Crippen LogP contribution in [0.15, 0.2) is 12.5 Å². The highest BCUT2D eigenvalue weighted by atomic mass is 32.1. The molecule has 0 amide bonds. The second kappa shape index (κ2) is 5.10. The Kier molecular flexibility index (Phi) is 3.54. The average Bonchev–Trinajstić information content (AvgIpc) is 2.96. The van der Waals surface area contributed by atoms with Gasteiger partial charge in [-0.1, -0.05) is 4.49 Å². The lowest BCUT2D eigenvalue weighted by Crippen LogP contribution is -2.29. The van der Waals surface area contributed by atoms with Gasteiger partial charge in [0.15, 0.2) is 0 Å². The number of nitrogens with one attached hydrogen (secondary N) is 1. The van der Waals surface area contributed by atoms with Gasteiger partial charge in [0.1, 0.15) is 12.2 Å². The van der Waals surface area contributed by atoms with E-state index in [0.29, 0.717) is 6.42 Å². The summed E-state index contributed by atoms with van der Waals surface area (Å²) >= 11 is 1.33. The molecule has 86 valence electrons. The predicted octanol–water partition coefficient (Wildman–Crippen LogP) is -0.103. The fourth-order valence-electron chi connectivity index (χ4n) is 1.46. The Labute approximate surface area is 96.8 Å². The summed E-state index contributed by atoms with van der Waals surface area (Å²) in [5, 5.41) is 7.91. The Hall–Kier alpha value is -1.38. The van der Waals surface area contributed by atoms with E-state index in [0.717, 1.165) is 17.2 Å². The second-order valence-corrected chi connectivity index (χ2v) is 4.05. The zero-order valence-electron chi connectivity index (χ0n) is 8.87. The van der Waals surface area contributed by atoms with Crippen LogP contribution in [0.3, 0.4) is 0 Å². The minimum Gasteiger partial charge on any atom is -0.271 e. The molecule has 1 unspecified atom stereocenters. The van der Waals surface area contributed by atoms with Crippen molar-refractivity contribution < 1.29 is 0 Å². The molecule has 0 spiro atoms. The van der Waals surface area contributed by atoms with Crippen LogP contribution in [0.5, 0.6) is 0 Å². The fraction of sp³-hybridized carbons (Fsp3) is 0.500. The van der Waals surface area contributed by atoms with E-state index in [2.05, 4.69) is 25.1 Å². The summed E-state index contributed by atoms with van der Waals surface area (Å²) in [6.45, 7) is 2.82. The molecule has 8 heteroatoms. The van der Waals surface area contributed by atoms with Crippen LogP contribution in [0.2, 0.25) is 0 Å². The zero-order valence-corrected chi connectivity index (χ0v) is 9.68. The van der Waals surface area contributed by atoms with Gasteiger partial charge in [-0.3, -0.25) is 16.0 Å². The zero-order chi connectivity index (χ0) is 11.4. The van der Waals surface area contributed by atoms with Crippen LogP contribution in [0.4, 0.5) is 0 Å². The molecule has 2 aromatic rings. The fourth-order valence-corrected chi connectivity index (χ4v) is 2.02. The summed E-state index contributed by atoms with van der Waals surface area (Å²) in [7, 11) is 0. The Balaban J connectivity index is 2.13. The molecule has 2 heterocycles. The molecule has 3 N–H and O–H groups in total. The molecular weight excluding hydrogens is 226 g/mol. The number of hydrazine groups is 1. The van der Waals surface area contributed by atoms with Crippen molar-refractivity contribution in [3.8, 4) is 0 Å². The molecule has 2 rings (SSSR count). The third-order valence-electron chi connectivity index (χ3n) is 2.30. The molecule has 0 aliphatic carbocycles. The highest BCUT2D eigenvalue weighted by molar-refractivity contribution is 7.05. The first-order valence-corrected chi connectivity index (χ1v) is 5.72. The van der Waals surface area contributed by atoms with E-state index in [9.17, 15) is 0 Å². The van der Waals surface area contributed by atoms with E-state index in [1.807, 2.05) is 11.6 Å². The number of nitrogens with zero attached hydrogens (tertiary/aromatic N) is 5. The van der Waals surface area contributed by atoms with Crippen molar-refractivity contribution in [2.75, 3.05) is 0 Å². The van der Waals surface area contributed by atoms with Gasteiger partial charge in [0.25, 0.3) is 0 Å². The first-order chi connectivity index (χ1) is 7.85. The Morgan fingerprint density at radius 3 is 3.12 bits per heavy atom. The molecule has 0 bridgehead atoms. The molecule has 0 radical (unpaired) electrons. The summed E-state index contributed by atoms with van der Waals surface area (Å²) in [6, 6.07) is -0.0190. The minimum atomic E-state index is -0.0190. The van der Waals surface area contributed by atoms with Crippen molar-refractivity contribution in [3.63, 3.8) is 0 Å². The topological polar surface area (TPSA) is 94.5 Å². The van der Waals surface area contributed by atoms with Gasteiger partial charge < -0.3 is 0 Å².